The number of rotatable bonds is 4. The number of carbonyl (C=O) groups excluding carboxylic acids is 2. The molecule has 3 heterocycles. The van der Waals surface area contributed by atoms with Crippen molar-refractivity contribution in [1.82, 2.24) is 19.6 Å². The summed E-state index contributed by atoms with van der Waals surface area (Å²) in [5, 5.41) is 0. The van der Waals surface area contributed by atoms with Gasteiger partial charge in [0.2, 0.25) is 11.8 Å². The first-order valence-corrected chi connectivity index (χ1v) is 9.70. The molecule has 0 aromatic carbocycles. The highest BCUT2D eigenvalue weighted by atomic mass is 16.5. The summed E-state index contributed by atoms with van der Waals surface area (Å²) in [6.07, 6.45) is 2.37. The Hall–Kier alpha value is -1.18. The lowest BCUT2D eigenvalue weighted by atomic mass is 10.0. The zero-order valence-electron chi connectivity index (χ0n) is 15.5. The smallest absolute Gasteiger partial charge is 0.236 e. The summed E-state index contributed by atoms with van der Waals surface area (Å²) < 4.78 is 5.30. The van der Waals surface area contributed by atoms with Crippen LogP contribution in [0.2, 0.25) is 0 Å². The number of carbonyl (C=O) groups is 2. The Kier molecular flexibility index (Phi) is 6.67. The quantitative estimate of drug-likeness (QED) is 0.697. The highest BCUT2D eigenvalue weighted by molar-refractivity contribution is 5.79. The van der Waals surface area contributed by atoms with E-state index in [1.807, 2.05) is 9.80 Å². The van der Waals surface area contributed by atoms with Crippen LogP contribution in [0, 0.1) is 5.92 Å². The van der Waals surface area contributed by atoms with Crippen LogP contribution in [-0.4, -0.2) is 110 Å². The lowest BCUT2D eigenvalue weighted by Crippen LogP contribution is -2.53. The van der Waals surface area contributed by atoms with Gasteiger partial charge < -0.3 is 14.5 Å². The van der Waals surface area contributed by atoms with Crippen molar-refractivity contribution in [3.8, 4) is 0 Å². The monoisotopic (exact) mass is 352 g/mol. The normalized spacial score (nSPS) is 26.7. The van der Waals surface area contributed by atoms with Crippen LogP contribution < -0.4 is 0 Å². The van der Waals surface area contributed by atoms with E-state index in [9.17, 15) is 9.59 Å². The lowest BCUT2D eigenvalue weighted by Gasteiger charge is -2.37. The van der Waals surface area contributed by atoms with Crippen molar-refractivity contribution in [3.05, 3.63) is 0 Å². The zero-order chi connectivity index (χ0) is 17.6. The Balaban J connectivity index is 1.36. The maximum atomic E-state index is 12.5. The maximum Gasteiger partial charge on any atom is 0.236 e. The van der Waals surface area contributed by atoms with E-state index < -0.39 is 0 Å². The van der Waals surface area contributed by atoms with E-state index in [0.717, 1.165) is 45.7 Å². The largest absolute Gasteiger partial charge is 0.378 e. The summed E-state index contributed by atoms with van der Waals surface area (Å²) in [7, 11) is 0. The molecule has 2 amide bonds. The molecule has 0 aromatic heterocycles. The summed E-state index contributed by atoms with van der Waals surface area (Å²) in [6, 6.07) is 0. The van der Waals surface area contributed by atoms with Crippen molar-refractivity contribution in [2.45, 2.75) is 19.8 Å². The topological polar surface area (TPSA) is 56.3 Å². The van der Waals surface area contributed by atoms with Crippen LogP contribution in [0.5, 0.6) is 0 Å². The number of likely N-dealkylation sites (tertiary alicyclic amines) is 1. The molecule has 25 heavy (non-hydrogen) atoms. The van der Waals surface area contributed by atoms with E-state index in [4.69, 9.17) is 4.74 Å². The average molecular weight is 352 g/mol. The zero-order valence-corrected chi connectivity index (χ0v) is 15.5. The fourth-order valence-corrected chi connectivity index (χ4v) is 3.92. The van der Waals surface area contributed by atoms with Gasteiger partial charge in [0, 0.05) is 52.4 Å². The number of nitrogens with zero attached hydrogens (tertiary/aromatic N) is 4. The Bertz CT molecular complexity index is 459. The second-order valence-electron chi connectivity index (χ2n) is 7.63. The minimum Gasteiger partial charge on any atom is -0.378 e. The van der Waals surface area contributed by atoms with Gasteiger partial charge in [0.15, 0.2) is 0 Å². The molecule has 7 heteroatoms. The number of piperidine rings is 1. The third-order valence-electron chi connectivity index (χ3n) is 5.56. The van der Waals surface area contributed by atoms with Crippen molar-refractivity contribution in [2.75, 3.05) is 78.7 Å². The fourth-order valence-electron chi connectivity index (χ4n) is 3.92. The van der Waals surface area contributed by atoms with Crippen LogP contribution >= 0.6 is 0 Å². The van der Waals surface area contributed by atoms with Crippen LogP contribution in [0.15, 0.2) is 0 Å². The Morgan fingerprint density at radius 1 is 0.840 bits per heavy atom. The highest BCUT2D eigenvalue weighted by Gasteiger charge is 2.26. The van der Waals surface area contributed by atoms with E-state index in [0.29, 0.717) is 45.3 Å². The van der Waals surface area contributed by atoms with E-state index >= 15 is 0 Å². The molecule has 3 rings (SSSR count). The van der Waals surface area contributed by atoms with Crippen molar-refractivity contribution < 1.29 is 14.3 Å². The molecule has 1 unspecified atom stereocenters. The molecule has 0 radical (unpaired) electrons. The Morgan fingerprint density at radius 3 is 1.96 bits per heavy atom. The number of piperazine rings is 1. The summed E-state index contributed by atoms with van der Waals surface area (Å²) in [5.74, 6) is 1.10. The predicted octanol–water partition coefficient (Wildman–Crippen LogP) is -0.279. The van der Waals surface area contributed by atoms with Crippen LogP contribution in [0.4, 0.5) is 0 Å². The Morgan fingerprint density at radius 2 is 1.40 bits per heavy atom. The van der Waals surface area contributed by atoms with Gasteiger partial charge in [0.25, 0.3) is 0 Å². The third-order valence-corrected chi connectivity index (χ3v) is 5.56. The number of amides is 2. The third kappa shape index (κ3) is 5.39. The van der Waals surface area contributed by atoms with Gasteiger partial charge in [0.1, 0.15) is 0 Å². The van der Waals surface area contributed by atoms with Crippen molar-refractivity contribution in [1.29, 1.82) is 0 Å². The van der Waals surface area contributed by atoms with Crippen LogP contribution in [0.3, 0.4) is 0 Å². The molecule has 0 saturated carbocycles. The minimum absolute atomic E-state index is 0.204. The van der Waals surface area contributed by atoms with E-state index in [-0.39, 0.29) is 11.8 Å². The highest BCUT2D eigenvalue weighted by Crippen LogP contribution is 2.16. The second kappa shape index (κ2) is 8.96. The molecular formula is C18H32N4O3. The molecule has 7 nitrogen and oxygen atoms in total. The van der Waals surface area contributed by atoms with E-state index in [2.05, 4.69) is 16.7 Å². The van der Waals surface area contributed by atoms with Crippen LogP contribution in [-0.2, 0) is 14.3 Å². The van der Waals surface area contributed by atoms with Gasteiger partial charge in [0.05, 0.1) is 26.3 Å². The molecule has 0 aliphatic carbocycles. The van der Waals surface area contributed by atoms with Crippen molar-refractivity contribution in [2.24, 2.45) is 5.92 Å². The summed E-state index contributed by atoms with van der Waals surface area (Å²) >= 11 is 0. The summed E-state index contributed by atoms with van der Waals surface area (Å²) in [6.45, 7) is 11.2. The number of ether oxygens (including phenoxy) is 1. The SMILES string of the molecule is CC1CCCN(C(=O)CN2CCN(CC(=O)N3CCOCC3)CC2)C1. The van der Waals surface area contributed by atoms with Gasteiger partial charge in [-0.05, 0) is 18.8 Å². The molecule has 3 fully saturated rings. The standard InChI is InChI=1S/C18H32N4O3/c1-16-3-2-4-22(13-16)18(24)15-20-7-5-19(6-8-20)14-17(23)21-9-11-25-12-10-21/h16H,2-15H2,1H3. The first-order valence-electron chi connectivity index (χ1n) is 9.70. The molecule has 0 N–H and O–H groups in total. The Labute approximate surface area is 150 Å². The fraction of sp³-hybridized carbons (Fsp3) is 0.889. The average Bonchev–Trinajstić information content (AvgIpc) is 2.64. The van der Waals surface area contributed by atoms with Gasteiger partial charge in [-0.3, -0.25) is 19.4 Å². The van der Waals surface area contributed by atoms with Crippen molar-refractivity contribution in [3.63, 3.8) is 0 Å². The van der Waals surface area contributed by atoms with Crippen molar-refractivity contribution >= 4 is 11.8 Å². The summed E-state index contributed by atoms with van der Waals surface area (Å²) in [4.78, 5) is 33.2. The van der Waals surface area contributed by atoms with E-state index in [1.54, 1.807) is 0 Å². The van der Waals surface area contributed by atoms with Crippen LogP contribution in [0.1, 0.15) is 19.8 Å². The van der Waals surface area contributed by atoms with Gasteiger partial charge in [-0.25, -0.2) is 0 Å². The van der Waals surface area contributed by atoms with E-state index in [1.165, 1.54) is 6.42 Å². The molecule has 0 bridgehead atoms. The maximum absolute atomic E-state index is 12.5. The molecule has 142 valence electrons. The summed E-state index contributed by atoms with van der Waals surface area (Å²) in [5.41, 5.74) is 0. The molecule has 0 spiro atoms. The van der Waals surface area contributed by atoms with Gasteiger partial charge in [-0.15, -0.1) is 0 Å². The predicted molar refractivity (Wildman–Crippen MR) is 95.3 cm³/mol. The molecule has 3 aliphatic rings. The first kappa shape index (κ1) is 18.6. The number of morpholine rings is 1. The first-order chi connectivity index (χ1) is 12.1. The number of hydrogen-bond acceptors (Lipinski definition) is 5. The molecule has 3 saturated heterocycles. The van der Waals surface area contributed by atoms with Gasteiger partial charge in [-0.2, -0.15) is 0 Å². The van der Waals surface area contributed by atoms with Gasteiger partial charge in [-0.1, -0.05) is 6.92 Å². The molecular weight excluding hydrogens is 320 g/mol. The molecule has 3 aliphatic heterocycles. The molecule has 0 aromatic rings. The van der Waals surface area contributed by atoms with Gasteiger partial charge >= 0.3 is 0 Å². The number of hydrogen-bond donors (Lipinski definition) is 0. The second-order valence-corrected chi connectivity index (χ2v) is 7.63. The minimum atomic E-state index is 0.204. The van der Waals surface area contributed by atoms with Crippen LogP contribution in [0.25, 0.3) is 0 Å². The lowest BCUT2D eigenvalue weighted by molar-refractivity contribution is -0.138. The molecule has 1 atom stereocenters.